The fourth-order valence-electron chi connectivity index (χ4n) is 1.21. The molecule has 0 atom stereocenters. The summed E-state index contributed by atoms with van der Waals surface area (Å²) in [5.41, 5.74) is 11.0. The third-order valence-electron chi connectivity index (χ3n) is 1.78. The van der Waals surface area contributed by atoms with E-state index in [-0.39, 0.29) is 13.1 Å². The summed E-state index contributed by atoms with van der Waals surface area (Å²) in [6, 6.07) is 0. The van der Waals surface area contributed by atoms with Gasteiger partial charge >= 0.3 is 0 Å². The minimum Gasteiger partial charge on any atom is -0.313 e. The monoisotopic (exact) mass is 130 g/mol. The van der Waals surface area contributed by atoms with Gasteiger partial charge in [-0.3, -0.25) is 0 Å². The molecule has 0 unspecified atom stereocenters. The van der Waals surface area contributed by atoms with Crippen molar-refractivity contribution < 1.29 is 0 Å². The van der Waals surface area contributed by atoms with Gasteiger partial charge in [0.1, 0.15) is 0 Å². The molecule has 2 nitrogen and oxygen atoms in total. The Labute approximate surface area is 57.6 Å². The Morgan fingerprint density at radius 3 is 1.56 bits per heavy atom. The zero-order valence-corrected chi connectivity index (χ0v) is 5.19. The van der Waals surface area contributed by atoms with Gasteiger partial charge in [-0.15, -0.1) is 0 Å². The van der Waals surface area contributed by atoms with Crippen molar-refractivity contribution in [3.63, 3.8) is 0 Å². The van der Waals surface area contributed by atoms with Crippen molar-refractivity contribution in [1.82, 2.24) is 0 Å². The summed E-state index contributed by atoms with van der Waals surface area (Å²) in [5, 5.41) is 0. The molecule has 4 N–H and O–H groups in total. The summed E-state index contributed by atoms with van der Waals surface area (Å²) in [6.45, 7) is 0. The molecule has 0 aromatic heterocycles. The third-order valence-corrected chi connectivity index (χ3v) is 1.78. The molecule has 0 spiro atoms. The van der Waals surface area contributed by atoms with Gasteiger partial charge in [0.25, 0.3) is 0 Å². The first-order valence-electron chi connectivity index (χ1n) is 3.28. The lowest BCUT2D eigenvalue weighted by atomic mass is 9.91. The number of hydrogen-bond acceptors (Lipinski definition) is 2. The Morgan fingerprint density at radius 1 is 0.889 bits per heavy atom. The second-order valence-corrected chi connectivity index (χ2v) is 2.79. The van der Waals surface area contributed by atoms with Crippen LogP contribution in [0.4, 0.5) is 0 Å². The fraction of sp³-hybridized carbons (Fsp3) is 1.00. The van der Waals surface area contributed by atoms with Gasteiger partial charge < -0.3 is 11.5 Å². The van der Waals surface area contributed by atoms with Crippen molar-refractivity contribution >= 4 is 0 Å². The lowest BCUT2D eigenvalue weighted by Crippen LogP contribution is -2.50. The molecule has 0 heterocycles. The molecule has 0 radical (unpaired) electrons. The van der Waals surface area contributed by atoms with Crippen molar-refractivity contribution in [2.75, 3.05) is 0 Å². The average molecular weight is 130 g/mol. The first kappa shape index (κ1) is 8.92. The van der Waals surface area contributed by atoms with Gasteiger partial charge in [-0.2, -0.15) is 0 Å². The van der Waals surface area contributed by atoms with E-state index in [0.717, 1.165) is 12.8 Å². The Kier molecular flexibility index (Phi) is 3.15. The van der Waals surface area contributed by atoms with E-state index in [1.165, 1.54) is 19.3 Å². The summed E-state index contributed by atoms with van der Waals surface area (Å²) in [5.74, 6) is 0. The van der Waals surface area contributed by atoms with Crippen molar-refractivity contribution in [2.24, 2.45) is 11.5 Å². The fourth-order valence-corrected chi connectivity index (χ4v) is 1.21. The molecule has 0 bridgehead atoms. The molecule has 1 fully saturated rings. The number of nitrogens with two attached hydrogens (primary N) is 2. The van der Waals surface area contributed by atoms with Gasteiger partial charge in [0.15, 0.2) is 0 Å². The van der Waals surface area contributed by atoms with Crippen LogP contribution in [0.5, 0.6) is 0 Å². The summed E-state index contributed by atoms with van der Waals surface area (Å²) in [7, 11) is 0. The first-order chi connectivity index (χ1) is 3.71. The largest absolute Gasteiger partial charge is 0.313 e. The van der Waals surface area contributed by atoms with Crippen molar-refractivity contribution in [1.29, 1.82) is 0 Å². The molecule has 0 saturated heterocycles. The van der Waals surface area contributed by atoms with Crippen LogP contribution in [-0.2, 0) is 0 Å². The van der Waals surface area contributed by atoms with Gasteiger partial charge in [-0.1, -0.05) is 26.7 Å². The Morgan fingerprint density at radius 2 is 1.33 bits per heavy atom. The minimum absolute atomic E-state index is 0. The average Bonchev–Trinajstić information content (AvgIpc) is 1.65. The molecule has 1 aliphatic carbocycles. The van der Waals surface area contributed by atoms with E-state index in [1.807, 2.05) is 0 Å². The van der Waals surface area contributed by atoms with Gasteiger partial charge in [0.2, 0.25) is 0 Å². The molecule has 2 heteroatoms. The Hall–Kier alpha value is -0.0800. The zero-order valence-electron chi connectivity index (χ0n) is 5.19. The molecule has 0 aromatic carbocycles. The summed E-state index contributed by atoms with van der Waals surface area (Å²) >= 11 is 0. The van der Waals surface area contributed by atoms with Crippen LogP contribution >= 0.6 is 0 Å². The highest BCUT2D eigenvalue weighted by atomic mass is 14.9. The van der Waals surface area contributed by atoms with E-state index >= 15 is 0 Å². The summed E-state index contributed by atoms with van der Waals surface area (Å²) in [4.78, 5) is 0. The summed E-state index contributed by atoms with van der Waals surface area (Å²) in [6.07, 6.45) is 5.76. The molecule has 0 aliphatic heterocycles. The predicted molar refractivity (Wildman–Crippen MR) is 40.9 cm³/mol. The Balaban J connectivity index is 0.000000640. The van der Waals surface area contributed by atoms with E-state index in [0.29, 0.717) is 0 Å². The molecular formula is C7H18N2. The zero-order chi connectivity index (χ0) is 6.04. The van der Waals surface area contributed by atoms with Crippen LogP contribution in [-0.4, -0.2) is 5.66 Å². The second-order valence-electron chi connectivity index (χ2n) is 2.79. The lowest BCUT2D eigenvalue weighted by Gasteiger charge is -2.28. The standard InChI is InChI=1S/C6H14N2.CH4/c7-6(8)4-2-1-3-5-6;/h1-5,7-8H2;1H4. The molecule has 9 heavy (non-hydrogen) atoms. The quantitative estimate of drug-likeness (QED) is 0.484. The smallest absolute Gasteiger partial charge is 0.0636 e. The molecule has 56 valence electrons. The van der Waals surface area contributed by atoms with E-state index in [2.05, 4.69) is 0 Å². The molecular weight excluding hydrogens is 112 g/mol. The Bertz CT molecular complexity index is 71.0. The molecule has 0 aromatic rings. The van der Waals surface area contributed by atoms with Crippen LogP contribution in [0.15, 0.2) is 0 Å². The van der Waals surface area contributed by atoms with E-state index in [9.17, 15) is 0 Å². The van der Waals surface area contributed by atoms with E-state index in [1.54, 1.807) is 0 Å². The minimum atomic E-state index is -0.321. The summed E-state index contributed by atoms with van der Waals surface area (Å²) < 4.78 is 0. The maximum Gasteiger partial charge on any atom is 0.0636 e. The van der Waals surface area contributed by atoms with Crippen LogP contribution in [0.2, 0.25) is 0 Å². The molecule has 1 rings (SSSR count). The predicted octanol–water partition coefficient (Wildman–Crippen LogP) is 1.20. The third kappa shape index (κ3) is 2.82. The highest BCUT2D eigenvalue weighted by Gasteiger charge is 2.21. The molecule has 1 aliphatic rings. The molecule has 1 saturated carbocycles. The van der Waals surface area contributed by atoms with Crippen LogP contribution < -0.4 is 11.5 Å². The van der Waals surface area contributed by atoms with Crippen LogP contribution in [0.3, 0.4) is 0 Å². The van der Waals surface area contributed by atoms with Gasteiger partial charge in [-0.25, -0.2) is 0 Å². The first-order valence-corrected chi connectivity index (χ1v) is 3.28. The maximum absolute atomic E-state index is 5.66. The highest BCUT2D eigenvalue weighted by molar-refractivity contribution is 4.79. The van der Waals surface area contributed by atoms with E-state index in [4.69, 9.17) is 11.5 Å². The van der Waals surface area contributed by atoms with Gasteiger partial charge in [-0.05, 0) is 12.8 Å². The topological polar surface area (TPSA) is 52.0 Å². The number of rotatable bonds is 0. The SMILES string of the molecule is C.NC1(N)CCCCC1. The van der Waals surface area contributed by atoms with Crippen molar-refractivity contribution in [3.8, 4) is 0 Å². The van der Waals surface area contributed by atoms with Gasteiger partial charge in [0.05, 0.1) is 5.66 Å². The normalized spacial score (nSPS) is 24.7. The van der Waals surface area contributed by atoms with Crippen LogP contribution in [0.25, 0.3) is 0 Å². The highest BCUT2D eigenvalue weighted by Crippen LogP contribution is 2.20. The van der Waals surface area contributed by atoms with Crippen LogP contribution in [0, 0.1) is 0 Å². The van der Waals surface area contributed by atoms with Gasteiger partial charge in [0, 0.05) is 0 Å². The number of hydrogen-bond donors (Lipinski definition) is 2. The van der Waals surface area contributed by atoms with Crippen LogP contribution in [0.1, 0.15) is 39.5 Å². The maximum atomic E-state index is 5.66. The second kappa shape index (κ2) is 3.18. The molecule has 0 amide bonds. The van der Waals surface area contributed by atoms with E-state index < -0.39 is 0 Å². The van der Waals surface area contributed by atoms with Crippen molar-refractivity contribution in [2.45, 2.75) is 45.2 Å². The van der Waals surface area contributed by atoms with Crippen molar-refractivity contribution in [3.05, 3.63) is 0 Å². The lowest BCUT2D eigenvalue weighted by molar-refractivity contribution is 0.306.